The van der Waals surface area contributed by atoms with Crippen LogP contribution in [0.2, 0.25) is 0 Å². The highest BCUT2D eigenvalue weighted by Gasteiger charge is 2.26. The molecule has 7 heteroatoms. The fourth-order valence-electron chi connectivity index (χ4n) is 2.29. The van der Waals surface area contributed by atoms with E-state index in [1.165, 1.54) is 5.01 Å². The van der Waals surface area contributed by atoms with Crippen molar-refractivity contribution in [1.82, 2.24) is 9.88 Å². The van der Waals surface area contributed by atoms with Gasteiger partial charge in [0.25, 0.3) is 0 Å². The number of hydrogen-bond acceptors (Lipinski definition) is 4. The van der Waals surface area contributed by atoms with Crippen LogP contribution in [0.15, 0.2) is 5.38 Å². The van der Waals surface area contributed by atoms with Crippen molar-refractivity contribution in [3.05, 3.63) is 16.1 Å². The molecule has 0 aromatic carbocycles. The van der Waals surface area contributed by atoms with Crippen LogP contribution in [0.4, 0.5) is 0 Å². The van der Waals surface area contributed by atoms with Crippen LogP contribution in [0.3, 0.4) is 0 Å². The maximum Gasteiger partial charge on any atom is 0.236 e. The standard InChI is InChI=1S/C13H21N3OS.2ClH/c1-9(2)11-8-18-13(15-11)10-4-3-5-16(7-10)12(17)6-14;;/h8-10H,3-7,14H2,1-2H3;2*1H. The summed E-state index contributed by atoms with van der Waals surface area (Å²) >= 11 is 1.73. The number of carbonyl (C=O) groups excluding carboxylic acids is 1. The lowest BCUT2D eigenvalue weighted by Crippen LogP contribution is -2.42. The van der Waals surface area contributed by atoms with E-state index < -0.39 is 0 Å². The minimum atomic E-state index is 0. The van der Waals surface area contributed by atoms with Crippen LogP contribution in [-0.4, -0.2) is 35.4 Å². The molecule has 1 aliphatic rings. The first-order valence-electron chi connectivity index (χ1n) is 6.55. The first kappa shape index (κ1) is 19.6. The van der Waals surface area contributed by atoms with Gasteiger partial charge in [0.05, 0.1) is 17.2 Å². The number of hydrogen-bond donors (Lipinski definition) is 1. The monoisotopic (exact) mass is 339 g/mol. The molecule has 2 heterocycles. The van der Waals surface area contributed by atoms with Gasteiger partial charge in [-0.1, -0.05) is 13.8 Å². The number of nitrogens with two attached hydrogens (primary N) is 1. The molecular formula is C13H23Cl2N3OS. The zero-order valence-electron chi connectivity index (χ0n) is 11.9. The van der Waals surface area contributed by atoms with E-state index in [-0.39, 0.29) is 37.3 Å². The van der Waals surface area contributed by atoms with E-state index in [9.17, 15) is 4.79 Å². The fraction of sp³-hybridized carbons (Fsp3) is 0.692. The van der Waals surface area contributed by atoms with Gasteiger partial charge in [0.15, 0.2) is 0 Å². The van der Waals surface area contributed by atoms with Crippen molar-refractivity contribution in [3.63, 3.8) is 0 Å². The summed E-state index contributed by atoms with van der Waals surface area (Å²) in [5, 5.41) is 3.32. The minimum absolute atomic E-state index is 0. The molecule has 1 aliphatic heterocycles. The Balaban J connectivity index is 0.00000180. The van der Waals surface area contributed by atoms with Crippen molar-refractivity contribution >= 4 is 42.1 Å². The Kier molecular flexibility index (Phi) is 8.66. The summed E-state index contributed by atoms with van der Waals surface area (Å²) in [5.41, 5.74) is 6.59. The summed E-state index contributed by atoms with van der Waals surface area (Å²) < 4.78 is 0. The van der Waals surface area contributed by atoms with E-state index in [4.69, 9.17) is 10.7 Å². The lowest BCUT2D eigenvalue weighted by Gasteiger charge is -2.31. The largest absolute Gasteiger partial charge is 0.341 e. The van der Waals surface area contributed by atoms with Crippen molar-refractivity contribution < 1.29 is 4.79 Å². The van der Waals surface area contributed by atoms with Crippen LogP contribution in [0.5, 0.6) is 0 Å². The molecule has 0 saturated carbocycles. The van der Waals surface area contributed by atoms with E-state index >= 15 is 0 Å². The van der Waals surface area contributed by atoms with Crippen LogP contribution >= 0.6 is 36.2 Å². The van der Waals surface area contributed by atoms with Gasteiger partial charge in [0, 0.05) is 24.4 Å². The Bertz CT molecular complexity index is 426. The van der Waals surface area contributed by atoms with E-state index in [0.717, 1.165) is 31.6 Å². The van der Waals surface area contributed by atoms with E-state index in [0.29, 0.717) is 11.8 Å². The van der Waals surface area contributed by atoms with Crippen molar-refractivity contribution in [3.8, 4) is 0 Å². The van der Waals surface area contributed by atoms with E-state index in [1.807, 2.05) is 4.90 Å². The predicted octanol–water partition coefficient (Wildman–Crippen LogP) is 2.77. The number of likely N-dealkylation sites (tertiary alicyclic amines) is 1. The molecule has 1 fully saturated rings. The summed E-state index contributed by atoms with van der Waals surface area (Å²) in [7, 11) is 0. The lowest BCUT2D eigenvalue weighted by atomic mass is 9.98. The average Bonchev–Trinajstić information content (AvgIpc) is 2.88. The Morgan fingerprint density at radius 2 is 2.25 bits per heavy atom. The SMILES string of the molecule is CC(C)c1csc(C2CCCN(C(=O)CN)C2)n1.Cl.Cl. The average molecular weight is 340 g/mol. The second kappa shape index (κ2) is 8.82. The molecule has 1 amide bonds. The first-order chi connectivity index (χ1) is 8.61. The lowest BCUT2D eigenvalue weighted by molar-refractivity contribution is -0.130. The van der Waals surface area contributed by atoms with Crippen LogP contribution in [-0.2, 0) is 4.79 Å². The predicted molar refractivity (Wildman–Crippen MR) is 88.3 cm³/mol. The first-order valence-corrected chi connectivity index (χ1v) is 7.43. The van der Waals surface area contributed by atoms with E-state index in [1.54, 1.807) is 11.3 Å². The second-order valence-corrected chi connectivity index (χ2v) is 6.04. The summed E-state index contributed by atoms with van der Waals surface area (Å²) in [6.45, 7) is 6.05. The van der Waals surface area contributed by atoms with Gasteiger partial charge in [-0.3, -0.25) is 4.79 Å². The highest BCUT2D eigenvalue weighted by atomic mass is 35.5. The third kappa shape index (κ3) is 4.58. The quantitative estimate of drug-likeness (QED) is 0.920. The Morgan fingerprint density at radius 1 is 1.55 bits per heavy atom. The molecular weight excluding hydrogens is 317 g/mol. The van der Waals surface area contributed by atoms with E-state index in [2.05, 4.69) is 19.2 Å². The number of carbonyl (C=O) groups is 1. The molecule has 2 rings (SSSR count). The Morgan fingerprint density at radius 3 is 2.80 bits per heavy atom. The molecule has 1 atom stereocenters. The molecule has 1 unspecified atom stereocenters. The second-order valence-electron chi connectivity index (χ2n) is 5.15. The van der Waals surface area contributed by atoms with Gasteiger partial charge in [-0.05, 0) is 18.8 Å². The third-order valence-corrected chi connectivity index (χ3v) is 4.45. The van der Waals surface area contributed by atoms with Crippen molar-refractivity contribution in [2.45, 2.75) is 38.5 Å². The number of aromatic nitrogens is 1. The zero-order chi connectivity index (χ0) is 13.1. The summed E-state index contributed by atoms with van der Waals surface area (Å²) in [5.74, 6) is 0.924. The molecule has 0 radical (unpaired) electrons. The number of thiazole rings is 1. The smallest absolute Gasteiger partial charge is 0.236 e. The maximum atomic E-state index is 11.6. The van der Waals surface area contributed by atoms with Crippen LogP contribution in [0, 0.1) is 0 Å². The zero-order valence-corrected chi connectivity index (χ0v) is 14.3. The number of nitrogens with zero attached hydrogens (tertiary/aromatic N) is 2. The van der Waals surface area contributed by atoms with Crippen LogP contribution < -0.4 is 5.73 Å². The van der Waals surface area contributed by atoms with Crippen molar-refractivity contribution in [2.75, 3.05) is 19.6 Å². The molecule has 0 aliphatic carbocycles. The Hall–Kier alpha value is -0.360. The van der Waals surface area contributed by atoms with Crippen LogP contribution in [0.1, 0.15) is 49.2 Å². The van der Waals surface area contributed by atoms with Gasteiger partial charge < -0.3 is 10.6 Å². The number of rotatable bonds is 3. The molecule has 0 spiro atoms. The van der Waals surface area contributed by atoms with Gasteiger partial charge in [0.2, 0.25) is 5.91 Å². The third-order valence-electron chi connectivity index (χ3n) is 3.43. The molecule has 1 saturated heterocycles. The number of piperidine rings is 1. The highest BCUT2D eigenvalue weighted by Crippen LogP contribution is 2.30. The van der Waals surface area contributed by atoms with Gasteiger partial charge in [0.1, 0.15) is 0 Å². The molecule has 2 N–H and O–H groups in total. The molecule has 0 bridgehead atoms. The van der Waals surface area contributed by atoms with Gasteiger partial charge in [-0.15, -0.1) is 36.2 Å². The maximum absolute atomic E-state index is 11.6. The molecule has 20 heavy (non-hydrogen) atoms. The molecule has 4 nitrogen and oxygen atoms in total. The van der Waals surface area contributed by atoms with Gasteiger partial charge in [-0.2, -0.15) is 0 Å². The molecule has 116 valence electrons. The van der Waals surface area contributed by atoms with Gasteiger partial charge in [-0.25, -0.2) is 4.98 Å². The summed E-state index contributed by atoms with van der Waals surface area (Å²) in [6, 6.07) is 0. The molecule has 1 aromatic heterocycles. The summed E-state index contributed by atoms with van der Waals surface area (Å²) in [4.78, 5) is 18.2. The Labute approximate surface area is 137 Å². The summed E-state index contributed by atoms with van der Waals surface area (Å²) in [6.07, 6.45) is 2.17. The topological polar surface area (TPSA) is 59.2 Å². The fourth-order valence-corrected chi connectivity index (χ4v) is 3.40. The van der Waals surface area contributed by atoms with Crippen molar-refractivity contribution in [1.29, 1.82) is 0 Å². The number of amides is 1. The van der Waals surface area contributed by atoms with Crippen LogP contribution in [0.25, 0.3) is 0 Å². The highest BCUT2D eigenvalue weighted by molar-refractivity contribution is 7.09. The minimum Gasteiger partial charge on any atom is -0.341 e. The number of halogens is 2. The molecule has 1 aromatic rings. The normalized spacial score (nSPS) is 18.4. The van der Waals surface area contributed by atoms with Crippen molar-refractivity contribution in [2.24, 2.45) is 5.73 Å². The van der Waals surface area contributed by atoms with Gasteiger partial charge >= 0.3 is 0 Å².